The monoisotopic (exact) mass is 453 g/mol. The van der Waals surface area contributed by atoms with Gasteiger partial charge in [0.05, 0.1) is 13.0 Å². The zero-order valence-electron chi connectivity index (χ0n) is 15.3. The molecule has 0 bridgehead atoms. The molecule has 0 spiro atoms. The molecular formula is C15H20F5NO7S. The Hall–Kier alpha value is -1.80. The summed E-state index contributed by atoms with van der Waals surface area (Å²) in [5.74, 6) is -7.79. The molecule has 0 aromatic heterocycles. The zero-order valence-corrected chi connectivity index (χ0v) is 16.1. The highest BCUT2D eigenvalue weighted by molar-refractivity contribution is 7.86. The molecule has 1 aliphatic rings. The molecule has 168 valence electrons. The lowest BCUT2D eigenvalue weighted by Crippen LogP contribution is -2.63. The van der Waals surface area contributed by atoms with Crippen LogP contribution >= 0.6 is 0 Å². The molecule has 14 heteroatoms. The molecule has 0 aromatic rings. The predicted molar refractivity (Wildman–Crippen MR) is 87.2 cm³/mol. The summed E-state index contributed by atoms with van der Waals surface area (Å²) >= 11 is 0. The Labute approximate surface area is 163 Å². The number of piperidine rings is 1. The van der Waals surface area contributed by atoms with Crippen molar-refractivity contribution in [3.8, 4) is 0 Å². The Morgan fingerprint density at radius 2 is 1.62 bits per heavy atom. The molecule has 0 aromatic carbocycles. The molecule has 1 heterocycles. The van der Waals surface area contributed by atoms with E-state index in [4.69, 9.17) is 4.55 Å². The van der Waals surface area contributed by atoms with Crippen LogP contribution in [0.15, 0.2) is 12.2 Å². The molecule has 1 amide bonds. The molecule has 1 fully saturated rings. The smallest absolute Gasteiger partial charge is 0.412 e. The number of amides is 1. The van der Waals surface area contributed by atoms with Crippen LogP contribution in [0.5, 0.6) is 0 Å². The normalized spacial score (nSPS) is 18.1. The molecule has 1 atom stereocenters. The second kappa shape index (κ2) is 8.92. The van der Waals surface area contributed by atoms with E-state index < -0.39 is 57.8 Å². The van der Waals surface area contributed by atoms with Gasteiger partial charge in [-0.2, -0.15) is 30.4 Å². The number of rotatable bonds is 8. The number of carbonyl (C=O) groups is 2. The SMILES string of the molecule is C=C(C)C(=O)OC(OCCC(F)(F)S(=O)(=O)O)(C(=O)N1CCCCC1)C(F)(F)F. The number of hydrogen-bond donors (Lipinski definition) is 1. The van der Waals surface area contributed by atoms with E-state index >= 15 is 0 Å². The number of hydrogen-bond acceptors (Lipinski definition) is 6. The fourth-order valence-corrected chi connectivity index (χ4v) is 2.70. The number of ether oxygens (including phenoxy) is 2. The first-order valence-corrected chi connectivity index (χ1v) is 9.73. The first-order valence-electron chi connectivity index (χ1n) is 8.29. The molecule has 1 unspecified atom stereocenters. The summed E-state index contributed by atoms with van der Waals surface area (Å²) in [4.78, 5) is 25.1. The lowest BCUT2D eigenvalue weighted by molar-refractivity contribution is -0.351. The third kappa shape index (κ3) is 5.85. The summed E-state index contributed by atoms with van der Waals surface area (Å²) in [6.45, 7) is 2.15. The molecule has 1 saturated heterocycles. The van der Waals surface area contributed by atoms with Gasteiger partial charge in [-0.15, -0.1) is 0 Å². The molecule has 0 saturated carbocycles. The molecule has 0 aliphatic carbocycles. The topological polar surface area (TPSA) is 110 Å². The van der Waals surface area contributed by atoms with Crippen LogP contribution in [0.4, 0.5) is 22.0 Å². The second-order valence-electron chi connectivity index (χ2n) is 6.35. The van der Waals surface area contributed by atoms with Gasteiger partial charge in [0.15, 0.2) is 0 Å². The van der Waals surface area contributed by atoms with Crippen LogP contribution in [-0.4, -0.2) is 66.7 Å². The van der Waals surface area contributed by atoms with Crippen molar-refractivity contribution < 1.29 is 54.0 Å². The largest absolute Gasteiger partial charge is 0.466 e. The molecule has 8 nitrogen and oxygen atoms in total. The number of halogens is 5. The molecule has 29 heavy (non-hydrogen) atoms. The first kappa shape index (κ1) is 25.2. The van der Waals surface area contributed by atoms with Gasteiger partial charge in [-0.3, -0.25) is 9.35 Å². The van der Waals surface area contributed by atoms with E-state index in [1.54, 1.807) is 0 Å². The third-order valence-corrected chi connectivity index (χ3v) is 4.92. The van der Waals surface area contributed by atoms with E-state index in [0.717, 1.165) is 6.92 Å². The van der Waals surface area contributed by atoms with Gasteiger partial charge >= 0.3 is 39.2 Å². The maximum absolute atomic E-state index is 13.8. The maximum atomic E-state index is 13.8. The van der Waals surface area contributed by atoms with E-state index in [-0.39, 0.29) is 13.1 Å². The van der Waals surface area contributed by atoms with Crippen molar-refractivity contribution in [2.45, 2.75) is 49.8 Å². The Morgan fingerprint density at radius 1 is 1.10 bits per heavy atom. The lowest BCUT2D eigenvalue weighted by Gasteiger charge is -2.38. The van der Waals surface area contributed by atoms with Gasteiger partial charge < -0.3 is 14.4 Å². The Balaban J connectivity index is 3.27. The van der Waals surface area contributed by atoms with Crippen LogP contribution in [0, 0.1) is 0 Å². The molecular weight excluding hydrogens is 433 g/mol. The summed E-state index contributed by atoms with van der Waals surface area (Å²) in [6.07, 6.45) is -6.28. The van der Waals surface area contributed by atoms with Gasteiger partial charge in [0.1, 0.15) is 0 Å². The van der Waals surface area contributed by atoms with Crippen molar-refractivity contribution in [2.24, 2.45) is 0 Å². The minimum absolute atomic E-state index is 0.119. The highest BCUT2D eigenvalue weighted by atomic mass is 32.2. The van der Waals surface area contributed by atoms with Gasteiger partial charge in [0, 0.05) is 18.7 Å². The Morgan fingerprint density at radius 3 is 2.03 bits per heavy atom. The maximum Gasteiger partial charge on any atom is 0.466 e. The highest BCUT2D eigenvalue weighted by Gasteiger charge is 2.67. The zero-order chi connectivity index (χ0) is 22.7. The van der Waals surface area contributed by atoms with Crippen molar-refractivity contribution in [3.05, 3.63) is 12.2 Å². The van der Waals surface area contributed by atoms with Crippen LogP contribution in [-0.2, 0) is 29.2 Å². The second-order valence-corrected chi connectivity index (χ2v) is 7.90. The van der Waals surface area contributed by atoms with Crippen molar-refractivity contribution in [2.75, 3.05) is 19.7 Å². The first-order chi connectivity index (χ1) is 13.1. The van der Waals surface area contributed by atoms with Gasteiger partial charge in [0.2, 0.25) is 0 Å². The van der Waals surface area contributed by atoms with E-state index in [1.165, 1.54) is 0 Å². The standard InChI is InChI=1S/C15H20F5NO7S/c1-10(2)11(22)28-14(15(18,19)20,12(23)21-7-4-3-5-8-21)27-9-6-13(16,17)29(24,25)26/h1,3-9H2,2H3,(H,24,25,26). The predicted octanol–water partition coefficient (Wildman–Crippen LogP) is 2.26. The van der Waals surface area contributed by atoms with Crippen LogP contribution in [0.1, 0.15) is 32.6 Å². The summed E-state index contributed by atoms with van der Waals surface area (Å²) in [6, 6.07) is 0. The highest BCUT2D eigenvalue weighted by Crippen LogP contribution is 2.39. The molecule has 1 aliphatic heterocycles. The molecule has 0 radical (unpaired) electrons. The van der Waals surface area contributed by atoms with Crippen LogP contribution < -0.4 is 0 Å². The summed E-state index contributed by atoms with van der Waals surface area (Å²) in [5, 5.41) is -4.85. The van der Waals surface area contributed by atoms with Gasteiger partial charge in [-0.05, 0) is 26.2 Å². The average molecular weight is 453 g/mol. The number of alkyl halides is 5. The van der Waals surface area contributed by atoms with Crippen molar-refractivity contribution in [1.29, 1.82) is 0 Å². The number of esters is 1. The van der Waals surface area contributed by atoms with Crippen molar-refractivity contribution in [1.82, 2.24) is 4.90 Å². The number of nitrogens with zero attached hydrogens (tertiary/aromatic N) is 1. The van der Waals surface area contributed by atoms with Crippen LogP contribution in [0.2, 0.25) is 0 Å². The quantitative estimate of drug-likeness (QED) is 0.197. The molecule has 1 rings (SSSR count). The van der Waals surface area contributed by atoms with E-state index in [0.29, 0.717) is 24.2 Å². The van der Waals surface area contributed by atoms with Crippen molar-refractivity contribution >= 4 is 22.0 Å². The number of likely N-dealkylation sites (tertiary alicyclic amines) is 1. The summed E-state index contributed by atoms with van der Waals surface area (Å²) in [7, 11) is -5.94. The third-order valence-electron chi connectivity index (χ3n) is 3.96. The van der Waals surface area contributed by atoms with E-state index in [1.807, 2.05) is 0 Å². The fraction of sp³-hybridized carbons (Fsp3) is 0.733. The Kier molecular flexibility index (Phi) is 7.76. The average Bonchev–Trinajstić information content (AvgIpc) is 2.58. The van der Waals surface area contributed by atoms with Gasteiger partial charge in [-0.1, -0.05) is 6.58 Å². The minimum atomic E-state index is -5.94. The number of carbonyl (C=O) groups excluding carboxylic acids is 2. The lowest BCUT2D eigenvalue weighted by atomic mass is 10.1. The van der Waals surface area contributed by atoms with Crippen LogP contribution in [0.25, 0.3) is 0 Å². The summed E-state index contributed by atoms with van der Waals surface area (Å²) in [5.41, 5.74) is -0.531. The minimum Gasteiger partial charge on any atom is -0.412 e. The van der Waals surface area contributed by atoms with Crippen LogP contribution in [0.3, 0.4) is 0 Å². The Bertz CT molecular complexity index is 747. The van der Waals surface area contributed by atoms with E-state index in [2.05, 4.69) is 16.1 Å². The van der Waals surface area contributed by atoms with Gasteiger partial charge in [-0.25, -0.2) is 4.79 Å². The van der Waals surface area contributed by atoms with Crippen molar-refractivity contribution in [3.63, 3.8) is 0 Å². The van der Waals surface area contributed by atoms with E-state index in [9.17, 15) is 40.0 Å². The summed E-state index contributed by atoms with van der Waals surface area (Å²) < 4.78 is 106. The van der Waals surface area contributed by atoms with Gasteiger partial charge in [0.25, 0.3) is 0 Å². The molecule has 1 N–H and O–H groups in total. The fourth-order valence-electron chi connectivity index (χ4n) is 2.36.